The summed E-state index contributed by atoms with van der Waals surface area (Å²) in [6.45, 7) is 12.1. The third kappa shape index (κ3) is 7.38. The van der Waals surface area contributed by atoms with Crippen LogP contribution in [0.2, 0.25) is 0 Å². The zero-order chi connectivity index (χ0) is 27.3. The van der Waals surface area contributed by atoms with E-state index in [0.717, 1.165) is 28.1 Å². The smallest absolute Gasteiger partial charge is 0.246 e. The van der Waals surface area contributed by atoms with Crippen LogP contribution in [-0.2, 0) is 20.9 Å². The van der Waals surface area contributed by atoms with Gasteiger partial charge in [0.1, 0.15) is 12.1 Å². The summed E-state index contributed by atoms with van der Waals surface area (Å²) >= 11 is 1.59. The lowest BCUT2D eigenvalue weighted by Crippen LogP contribution is -2.55. The highest BCUT2D eigenvalue weighted by atomic mass is 32.1. The molecule has 4 atom stereocenters. The first kappa shape index (κ1) is 28.8. The fraction of sp³-hybridized carbons (Fsp3) is 0.571. The lowest BCUT2D eigenvalue weighted by molar-refractivity contribution is -0.143. The quantitative estimate of drug-likeness (QED) is 0.437. The molecule has 0 radical (unpaired) electrons. The first-order valence-corrected chi connectivity index (χ1v) is 13.9. The molecular weight excluding hydrogens is 488 g/mol. The number of carbonyl (C=O) groups is 3. The van der Waals surface area contributed by atoms with Gasteiger partial charge in [-0.3, -0.25) is 14.4 Å². The van der Waals surface area contributed by atoms with Gasteiger partial charge in [-0.2, -0.15) is 0 Å². The van der Waals surface area contributed by atoms with E-state index < -0.39 is 18.2 Å². The van der Waals surface area contributed by atoms with Crippen LogP contribution in [0.3, 0.4) is 0 Å². The van der Waals surface area contributed by atoms with E-state index in [9.17, 15) is 19.5 Å². The first-order valence-electron chi connectivity index (χ1n) is 13.0. The standard InChI is InChI=1S/C28H40N4O4S/c1-16(2)11-18(5)26(34)31-24(17(3)4)28(36)32-14-22(33)12-23(32)27(35)29-13-20-7-9-21(10-8-20)25-19(6)30-15-37-25/h7-10,15-18,22-24,33H,11-14H2,1-6H3,(H,29,35)(H,31,34). The number of hydrogen-bond donors (Lipinski definition) is 3. The van der Waals surface area contributed by atoms with Gasteiger partial charge in [-0.05, 0) is 36.3 Å². The lowest BCUT2D eigenvalue weighted by Gasteiger charge is -2.31. The normalized spacial score (nSPS) is 19.2. The number of amides is 3. The molecule has 0 bridgehead atoms. The van der Waals surface area contributed by atoms with E-state index in [2.05, 4.69) is 29.5 Å². The minimum absolute atomic E-state index is 0.0699. The second kappa shape index (κ2) is 12.6. The Hall–Kier alpha value is -2.78. The molecule has 1 aromatic carbocycles. The van der Waals surface area contributed by atoms with Gasteiger partial charge in [0, 0.05) is 25.4 Å². The van der Waals surface area contributed by atoms with Crippen molar-refractivity contribution < 1.29 is 19.5 Å². The van der Waals surface area contributed by atoms with Crippen molar-refractivity contribution in [2.45, 2.75) is 79.1 Å². The summed E-state index contributed by atoms with van der Waals surface area (Å²) in [7, 11) is 0. The number of nitrogens with one attached hydrogen (secondary N) is 2. The average molecular weight is 529 g/mol. The Morgan fingerprint density at radius 2 is 1.81 bits per heavy atom. The number of rotatable bonds is 10. The molecule has 3 N–H and O–H groups in total. The largest absolute Gasteiger partial charge is 0.391 e. The van der Waals surface area contributed by atoms with Gasteiger partial charge in [0.25, 0.3) is 0 Å². The van der Waals surface area contributed by atoms with Crippen molar-refractivity contribution in [3.63, 3.8) is 0 Å². The molecule has 1 aliphatic heterocycles. The summed E-state index contributed by atoms with van der Waals surface area (Å²) in [6, 6.07) is 6.40. The summed E-state index contributed by atoms with van der Waals surface area (Å²) in [5.41, 5.74) is 4.82. The lowest BCUT2D eigenvalue weighted by atomic mass is 9.96. The Morgan fingerprint density at radius 3 is 2.38 bits per heavy atom. The third-order valence-corrected chi connectivity index (χ3v) is 7.77. The number of likely N-dealkylation sites (tertiary alicyclic amines) is 1. The number of aryl methyl sites for hydroxylation is 1. The fourth-order valence-corrected chi connectivity index (χ4v) is 5.58. The van der Waals surface area contributed by atoms with Gasteiger partial charge in [0.2, 0.25) is 17.7 Å². The molecule has 2 heterocycles. The number of aliphatic hydroxyl groups is 1. The molecule has 9 heteroatoms. The minimum atomic E-state index is -0.787. The molecule has 1 fully saturated rings. The van der Waals surface area contributed by atoms with Crippen molar-refractivity contribution in [2.24, 2.45) is 17.8 Å². The third-order valence-electron chi connectivity index (χ3n) is 6.80. The molecule has 0 saturated carbocycles. The molecule has 1 aliphatic rings. The average Bonchev–Trinajstić information content (AvgIpc) is 3.45. The van der Waals surface area contributed by atoms with E-state index in [4.69, 9.17) is 0 Å². The number of carbonyl (C=O) groups excluding carboxylic acids is 3. The molecule has 8 nitrogen and oxygen atoms in total. The SMILES string of the molecule is Cc1ncsc1-c1ccc(CNC(=O)C2CC(O)CN2C(=O)C(NC(=O)C(C)CC(C)C)C(C)C)cc1. The Labute approximate surface area is 223 Å². The van der Waals surface area contributed by atoms with Gasteiger partial charge >= 0.3 is 0 Å². The van der Waals surface area contributed by atoms with Crippen molar-refractivity contribution in [3.05, 3.63) is 41.0 Å². The molecule has 3 amide bonds. The van der Waals surface area contributed by atoms with Crippen molar-refractivity contribution in [1.29, 1.82) is 0 Å². The van der Waals surface area contributed by atoms with E-state index in [1.165, 1.54) is 4.90 Å². The van der Waals surface area contributed by atoms with Crippen LogP contribution in [0.15, 0.2) is 29.8 Å². The number of aromatic nitrogens is 1. The van der Waals surface area contributed by atoms with Gasteiger partial charge < -0.3 is 20.6 Å². The topological polar surface area (TPSA) is 112 Å². The monoisotopic (exact) mass is 528 g/mol. The first-order chi connectivity index (χ1) is 17.5. The van der Waals surface area contributed by atoms with E-state index >= 15 is 0 Å². The highest BCUT2D eigenvalue weighted by Crippen LogP contribution is 2.27. The van der Waals surface area contributed by atoms with Crippen LogP contribution in [0, 0.1) is 24.7 Å². The van der Waals surface area contributed by atoms with Gasteiger partial charge in [-0.15, -0.1) is 11.3 Å². The molecule has 1 saturated heterocycles. The van der Waals surface area contributed by atoms with Crippen LogP contribution in [0.4, 0.5) is 0 Å². The van der Waals surface area contributed by atoms with Crippen molar-refractivity contribution >= 4 is 29.1 Å². The second-order valence-electron chi connectivity index (χ2n) is 10.8. The summed E-state index contributed by atoms with van der Waals surface area (Å²) in [6.07, 6.45) is 0.109. The van der Waals surface area contributed by atoms with Gasteiger partial charge in [-0.1, -0.05) is 58.9 Å². The zero-order valence-corrected chi connectivity index (χ0v) is 23.5. The van der Waals surface area contributed by atoms with Gasteiger partial charge in [0.05, 0.1) is 22.2 Å². The van der Waals surface area contributed by atoms with Crippen molar-refractivity contribution in [1.82, 2.24) is 20.5 Å². The van der Waals surface area contributed by atoms with Crippen molar-refractivity contribution in [3.8, 4) is 10.4 Å². The molecule has 4 unspecified atom stereocenters. The second-order valence-corrected chi connectivity index (χ2v) is 11.7. The molecular formula is C28H40N4O4S. The van der Waals surface area contributed by atoms with Crippen LogP contribution < -0.4 is 10.6 Å². The maximum absolute atomic E-state index is 13.5. The van der Waals surface area contributed by atoms with Gasteiger partial charge in [0.15, 0.2) is 0 Å². The summed E-state index contributed by atoms with van der Waals surface area (Å²) in [5, 5.41) is 16.1. The highest BCUT2D eigenvalue weighted by molar-refractivity contribution is 7.13. The molecule has 2 aromatic rings. The number of β-amino-alcohol motifs (C(OH)–C–C–N with tert-alkyl or cyclic N) is 1. The van der Waals surface area contributed by atoms with E-state index in [-0.39, 0.29) is 42.5 Å². The maximum Gasteiger partial charge on any atom is 0.246 e. The molecule has 3 rings (SSSR count). The maximum atomic E-state index is 13.5. The van der Waals surface area contributed by atoms with Crippen molar-refractivity contribution in [2.75, 3.05) is 6.54 Å². The predicted molar refractivity (Wildman–Crippen MR) is 146 cm³/mol. The van der Waals surface area contributed by atoms with E-state index in [1.807, 2.05) is 57.5 Å². The summed E-state index contributed by atoms with van der Waals surface area (Å²) in [5.74, 6) is -0.828. The van der Waals surface area contributed by atoms with Crippen LogP contribution in [0.1, 0.15) is 58.7 Å². The molecule has 202 valence electrons. The van der Waals surface area contributed by atoms with Gasteiger partial charge in [-0.25, -0.2) is 4.98 Å². The molecule has 1 aromatic heterocycles. The molecule has 37 heavy (non-hydrogen) atoms. The molecule has 0 aliphatic carbocycles. The number of nitrogens with zero attached hydrogens (tertiary/aromatic N) is 2. The predicted octanol–water partition coefficient (Wildman–Crippen LogP) is 3.52. The van der Waals surface area contributed by atoms with Crippen LogP contribution in [-0.4, -0.2) is 57.4 Å². The van der Waals surface area contributed by atoms with E-state index in [1.54, 1.807) is 11.3 Å². The Bertz CT molecular complexity index is 1080. The fourth-order valence-electron chi connectivity index (χ4n) is 4.77. The number of hydrogen-bond acceptors (Lipinski definition) is 6. The highest BCUT2D eigenvalue weighted by Gasteiger charge is 2.42. The number of thiazole rings is 1. The van der Waals surface area contributed by atoms with Crippen LogP contribution >= 0.6 is 11.3 Å². The van der Waals surface area contributed by atoms with Crippen LogP contribution in [0.5, 0.6) is 0 Å². The summed E-state index contributed by atoms with van der Waals surface area (Å²) < 4.78 is 0. The zero-order valence-electron chi connectivity index (χ0n) is 22.7. The Balaban J connectivity index is 1.64. The molecule has 0 spiro atoms. The summed E-state index contributed by atoms with van der Waals surface area (Å²) in [4.78, 5) is 46.2. The van der Waals surface area contributed by atoms with E-state index in [0.29, 0.717) is 12.5 Å². The Morgan fingerprint density at radius 1 is 1.14 bits per heavy atom. The minimum Gasteiger partial charge on any atom is -0.391 e. The number of benzene rings is 1. The van der Waals surface area contributed by atoms with Crippen LogP contribution in [0.25, 0.3) is 10.4 Å². The number of aliphatic hydroxyl groups excluding tert-OH is 1. The Kier molecular flexibility index (Phi) is 9.84.